The third-order valence-electron chi connectivity index (χ3n) is 4.19. The van der Waals surface area contributed by atoms with E-state index in [1.165, 1.54) is 6.07 Å². The zero-order valence-electron chi connectivity index (χ0n) is 15.3. The van der Waals surface area contributed by atoms with Gasteiger partial charge in [-0.2, -0.15) is 0 Å². The molecular formula is C19H19Br3FNO4. The van der Waals surface area contributed by atoms with Crippen molar-refractivity contribution >= 4 is 65.4 Å². The van der Waals surface area contributed by atoms with E-state index in [0.29, 0.717) is 27.6 Å². The Labute approximate surface area is 188 Å². The van der Waals surface area contributed by atoms with E-state index in [9.17, 15) is 14.0 Å². The molecule has 1 aromatic carbocycles. The first-order valence-corrected chi connectivity index (χ1v) is 11.6. The average molecular weight is 584 g/mol. The number of aliphatic imine (C=N–C) groups is 1. The van der Waals surface area contributed by atoms with Gasteiger partial charge < -0.3 is 9.47 Å². The normalized spacial score (nSPS) is 19.3. The van der Waals surface area contributed by atoms with Gasteiger partial charge in [0.1, 0.15) is 11.7 Å². The standard InChI is InChI=1S/C19H19Br3FNO4/c1-3-27-18(25)16-13(8-20)24-14(9-21)17(19(26)28-4-2)15(16)10-5-6-12(23)11(22)7-10/h5-7,15-16H,3-4,8-9H2,1-2H3. The van der Waals surface area contributed by atoms with Crippen LogP contribution in [0.1, 0.15) is 25.3 Å². The Morgan fingerprint density at radius 1 is 1.14 bits per heavy atom. The van der Waals surface area contributed by atoms with Crippen LogP contribution in [0.3, 0.4) is 0 Å². The monoisotopic (exact) mass is 581 g/mol. The Balaban J connectivity index is 2.74. The largest absolute Gasteiger partial charge is 0.465 e. The van der Waals surface area contributed by atoms with Crippen molar-refractivity contribution in [3.05, 3.63) is 45.3 Å². The number of halogens is 4. The first kappa shape index (κ1) is 23.2. The molecule has 0 N–H and O–H groups in total. The van der Waals surface area contributed by atoms with Gasteiger partial charge in [0.15, 0.2) is 0 Å². The molecule has 0 aliphatic carbocycles. The third kappa shape index (κ3) is 4.91. The number of hydrogen-bond acceptors (Lipinski definition) is 5. The highest BCUT2D eigenvalue weighted by Gasteiger charge is 2.44. The Morgan fingerprint density at radius 2 is 1.82 bits per heavy atom. The maximum Gasteiger partial charge on any atom is 0.336 e. The molecule has 5 nitrogen and oxygen atoms in total. The minimum Gasteiger partial charge on any atom is -0.465 e. The second-order valence-electron chi connectivity index (χ2n) is 5.83. The van der Waals surface area contributed by atoms with Crippen LogP contribution in [0.5, 0.6) is 0 Å². The molecule has 0 amide bonds. The quantitative estimate of drug-likeness (QED) is 0.338. The van der Waals surface area contributed by atoms with Gasteiger partial charge in [0, 0.05) is 22.3 Å². The van der Waals surface area contributed by atoms with Crippen molar-refractivity contribution in [2.45, 2.75) is 19.8 Å². The van der Waals surface area contributed by atoms with Crippen molar-refractivity contribution in [1.82, 2.24) is 0 Å². The van der Waals surface area contributed by atoms with Crippen molar-refractivity contribution in [2.24, 2.45) is 10.9 Å². The zero-order chi connectivity index (χ0) is 20.8. The van der Waals surface area contributed by atoms with Crippen LogP contribution in [-0.2, 0) is 19.1 Å². The van der Waals surface area contributed by atoms with Gasteiger partial charge in [-0.1, -0.05) is 37.9 Å². The molecule has 9 heteroatoms. The van der Waals surface area contributed by atoms with Crippen LogP contribution in [-0.4, -0.2) is 41.5 Å². The number of benzene rings is 1. The average Bonchev–Trinajstić information content (AvgIpc) is 2.68. The summed E-state index contributed by atoms with van der Waals surface area (Å²) in [6.45, 7) is 3.78. The van der Waals surface area contributed by atoms with Gasteiger partial charge in [0.2, 0.25) is 0 Å². The first-order valence-electron chi connectivity index (χ1n) is 8.60. The van der Waals surface area contributed by atoms with Gasteiger partial charge in [-0.25, -0.2) is 9.18 Å². The molecule has 2 atom stereocenters. The lowest BCUT2D eigenvalue weighted by Crippen LogP contribution is -2.38. The second-order valence-corrected chi connectivity index (χ2v) is 7.81. The van der Waals surface area contributed by atoms with Gasteiger partial charge in [-0.3, -0.25) is 9.79 Å². The summed E-state index contributed by atoms with van der Waals surface area (Å²) in [6.07, 6.45) is 0. The summed E-state index contributed by atoms with van der Waals surface area (Å²) in [6, 6.07) is 4.41. The van der Waals surface area contributed by atoms with E-state index < -0.39 is 29.6 Å². The van der Waals surface area contributed by atoms with Crippen molar-refractivity contribution in [3.63, 3.8) is 0 Å². The van der Waals surface area contributed by atoms with E-state index in [1.54, 1.807) is 26.0 Å². The number of ether oxygens (including phenoxy) is 2. The molecule has 1 heterocycles. The number of rotatable bonds is 7. The number of allylic oxidation sites excluding steroid dienone is 1. The highest BCUT2D eigenvalue weighted by Crippen LogP contribution is 2.42. The fourth-order valence-corrected chi connectivity index (χ4v) is 4.38. The number of hydrogen-bond donors (Lipinski definition) is 0. The van der Waals surface area contributed by atoms with Crippen LogP contribution >= 0.6 is 47.8 Å². The fraction of sp³-hybridized carbons (Fsp3) is 0.421. The molecule has 152 valence electrons. The smallest absolute Gasteiger partial charge is 0.336 e. The van der Waals surface area contributed by atoms with Gasteiger partial charge in [-0.15, -0.1) is 0 Å². The van der Waals surface area contributed by atoms with E-state index in [1.807, 2.05) is 0 Å². The highest BCUT2D eigenvalue weighted by atomic mass is 79.9. The van der Waals surface area contributed by atoms with Gasteiger partial charge in [-0.05, 0) is 47.5 Å². The van der Waals surface area contributed by atoms with E-state index in [4.69, 9.17) is 9.47 Å². The minimum atomic E-state index is -0.834. The van der Waals surface area contributed by atoms with E-state index in [0.717, 1.165) is 0 Å². The molecule has 28 heavy (non-hydrogen) atoms. The third-order valence-corrected chi connectivity index (χ3v) is 5.91. The van der Waals surface area contributed by atoms with Gasteiger partial charge in [0.05, 0.1) is 29.0 Å². The number of nitrogens with zero attached hydrogens (tertiary/aromatic N) is 1. The van der Waals surface area contributed by atoms with Gasteiger partial charge >= 0.3 is 11.9 Å². The molecule has 0 saturated heterocycles. The Hall–Kier alpha value is -1.06. The molecule has 1 aromatic rings. The summed E-state index contributed by atoms with van der Waals surface area (Å²) in [5, 5.41) is 0.619. The van der Waals surface area contributed by atoms with Crippen LogP contribution in [0.25, 0.3) is 0 Å². The lowest BCUT2D eigenvalue weighted by Gasteiger charge is -2.32. The fourth-order valence-electron chi connectivity index (χ4n) is 3.08. The summed E-state index contributed by atoms with van der Waals surface area (Å²) < 4.78 is 24.6. The Kier molecular flexibility index (Phi) is 8.82. The molecule has 1 aliphatic rings. The highest BCUT2D eigenvalue weighted by molar-refractivity contribution is 9.10. The van der Waals surface area contributed by atoms with Crippen LogP contribution < -0.4 is 0 Å². The number of alkyl halides is 2. The van der Waals surface area contributed by atoms with E-state index in [2.05, 4.69) is 52.8 Å². The van der Waals surface area contributed by atoms with Gasteiger partial charge in [0.25, 0.3) is 0 Å². The zero-order valence-corrected chi connectivity index (χ0v) is 20.1. The topological polar surface area (TPSA) is 65.0 Å². The lowest BCUT2D eigenvalue weighted by atomic mass is 9.75. The predicted octanol–water partition coefficient (Wildman–Crippen LogP) is 4.91. The summed E-state index contributed by atoms with van der Waals surface area (Å²) in [4.78, 5) is 30.2. The predicted molar refractivity (Wildman–Crippen MR) is 116 cm³/mol. The van der Waals surface area contributed by atoms with Crippen LogP contribution in [0, 0.1) is 11.7 Å². The van der Waals surface area contributed by atoms with Crippen molar-refractivity contribution in [2.75, 3.05) is 23.9 Å². The molecule has 0 saturated carbocycles. The minimum absolute atomic E-state index is 0.177. The molecular weight excluding hydrogens is 565 g/mol. The number of carbonyl (C=O) groups excluding carboxylic acids is 2. The van der Waals surface area contributed by atoms with Crippen molar-refractivity contribution in [3.8, 4) is 0 Å². The Bertz CT molecular complexity index is 825. The SMILES string of the molecule is CCOC(=O)C1=C(CBr)N=C(CBr)C(C(=O)OCC)C1c1ccc(F)c(Br)c1. The molecule has 2 unspecified atom stereocenters. The summed E-state index contributed by atoms with van der Waals surface area (Å²) in [5.74, 6) is -3.05. The van der Waals surface area contributed by atoms with E-state index in [-0.39, 0.29) is 23.3 Å². The summed E-state index contributed by atoms with van der Waals surface area (Å²) in [7, 11) is 0. The number of carbonyl (C=O) groups is 2. The second kappa shape index (κ2) is 10.6. The molecule has 0 fully saturated rings. The Morgan fingerprint density at radius 3 is 2.36 bits per heavy atom. The van der Waals surface area contributed by atoms with Crippen LogP contribution in [0.2, 0.25) is 0 Å². The lowest BCUT2D eigenvalue weighted by molar-refractivity contribution is -0.146. The molecule has 2 rings (SSSR count). The molecule has 0 aromatic heterocycles. The number of esters is 2. The molecule has 0 bridgehead atoms. The maximum atomic E-state index is 13.8. The van der Waals surface area contributed by atoms with Crippen LogP contribution in [0.4, 0.5) is 4.39 Å². The maximum absolute atomic E-state index is 13.8. The molecule has 0 spiro atoms. The van der Waals surface area contributed by atoms with Crippen molar-refractivity contribution < 1.29 is 23.5 Å². The van der Waals surface area contributed by atoms with E-state index >= 15 is 0 Å². The van der Waals surface area contributed by atoms with Crippen LogP contribution in [0.15, 0.2) is 38.9 Å². The summed E-state index contributed by atoms with van der Waals surface area (Å²) >= 11 is 9.93. The van der Waals surface area contributed by atoms with Crippen molar-refractivity contribution in [1.29, 1.82) is 0 Å². The molecule has 1 aliphatic heterocycles. The molecule has 0 radical (unpaired) electrons. The summed E-state index contributed by atoms with van der Waals surface area (Å²) in [5.41, 5.74) is 1.85. The first-order chi connectivity index (χ1) is 13.4.